The molecule has 2 aromatic rings. The molecule has 2 rings (SSSR count). The van der Waals surface area contributed by atoms with Crippen molar-refractivity contribution >= 4 is 10.0 Å². The second kappa shape index (κ2) is 6.85. The van der Waals surface area contributed by atoms with Gasteiger partial charge in [-0.15, -0.1) is 0 Å². The minimum absolute atomic E-state index is 0.295. The highest BCUT2D eigenvalue weighted by Crippen LogP contribution is 2.19. The van der Waals surface area contributed by atoms with Gasteiger partial charge in [0.2, 0.25) is 10.0 Å². The summed E-state index contributed by atoms with van der Waals surface area (Å²) in [4.78, 5) is 0.295. The van der Waals surface area contributed by atoms with Gasteiger partial charge >= 0.3 is 0 Å². The number of benzene rings is 2. The van der Waals surface area contributed by atoms with Crippen molar-refractivity contribution in [3.63, 3.8) is 0 Å². The number of rotatable bonds is 6. The Balaban J connectivity index is 2.31. The fraction of sp³-hybridized carbons (Fsp3) is 0.250. The summed E-state index contributed by atoms with van der Waals surface area (Å²) in [7, 11) is -3.50. The summed E-state index contributed by atoms with van der Waals surface area (Å²) in [6, 6.07) is 16.4. The molecule has 0 aliphatic carbocycles. The van der Waals surface area contributed by atoms with Crippen molar-refractivity contribution in [1.82, 2.24) is 4.31 Å². The van der Waals surface area contributed by atoms with Crippen LogP contribution in [0.2, 0.25) is 0 Å². The second-order valence-corrected chi connectivity index (χ2v) is 6.71. The first-order valence-electron chi connectivity index (χ1n) is 6.91. The molecule has 112 valence electrons. The Hall–Kier alpha value is -1.69. The van der Waals surface area contributed by atoms with E-state index in [9.17, 15) is 8.42 Å². The maximum absolute atomic E-state index is 12.7. The Morgan fingerprint density at radius 1 is 1.00 bits per heavy atom. The molecule has 0 saturated heterocycles. The predicted octanol–water partition coefficient (Wildman–Crippen LogP) is 2.36. The normalized spacial score (nSPS) is 11.8. The van der Waals surface area contributed by atoms with Gasteiger partial charge in [-0.3, -0.25) is 0 Å². The molecule has 0 aromatic heterocycles. The number of nitrogens with zero attached hydrogens (tertiary/aromatic N) is 1. The lowest BCUT2D eigenvalue weighted by atomic mass is 10.2. The largest absolute Gasteiger partial charge is 0.326 e. The molecule has 0 unspecified atom stereocenters. The van der Waals surface area contributed by atoms with Crippen LogP contribution in [0.5, 0.6) is 0 Å². The number of hydrogen-bond donors (Lipinski definition) is 1. The van der Waals surface area contributed by atoms with Crippen molar-refractivity contribution < 1.29 is 8.42 Å². The third kappa shape index (κ3) is 3.69. The monoisotopic (exact) mass is 304 g/mol. The van der Waals surface area contributed by atoms with Gasteiger partial charge in [0.1, 0.15) is 0 Å². The Morgan fingerprint density at radius 3 is 2.29 bits per heavy atom. The maximum Gasteiger partial charge on any atom is 0.243 e. The van der Waals surface area contributed by atoms with Crippen molar-refractivity contribution in [2.45, 2.75) is 24.9 Å². The van der Waals surface area contributed by atoms with Gasteiger partial charge in [0.25, 0.3) is 0 Å². The highest BCUT2D eigenvalue weighted by molar-refractivity contribution is 7.89. The first-order chi connectivity index (χ1) is 10.1. The first-order valence-corrected chi connectivity index (χ1v) is 8.35. The molecule has 21 heavy (non-hydrogen) atoms. The summed E-state index contributed by atoms with van der Waals surface area (Å²) in [6.45, 7) is 2.96. The highest BCUT2D eigenvalue weighted by atomic mass is 32.2. The average Bonchev–Trinajstić information content (AvgIpc) is 2.53. The summed E-state index contributed by atoms with van der Waals surface area (Å²) in [5.74, 6) is 0. The van der Waals surface area contributed by atoms with Crippen LogP contribution in [0.4, 0.5) is 0 Å². The molecule has 0 aliphatic heterocycles. The summed E-state index contributed by atoms with van der Waals surface area (Å²) in [6.07, 6.45) is 0. The van der Waals surface area contributed by atoms with Crippen molar-refractivity contribution in [3.05, 3.63) is 65.7 Å². The zero-order chi connectivity index (χ0) is 15.3. The van der Waals surface area contributed by atoms with Gasteiger partial charge < -0.3 is 5.73 Å². The molecule has 2 N–H and O–H groups in total. The lowest BCUT2D eigenvalue weighted by Crippen LogP contribution is -2.30. The lowest BCUT2D eigenvalue weighted by Gasteiger charge is -2.21. The minimum atomic E-state index is -3.50. The molecule has 4 nitrogen and oxygen atoms in total. The molecule has 0 atom stereocenters. The van der Waals surface area contributed by atoms with Crippen LogP contribution >= 0.6 is 0 Å². The van der Waals surface area contributed by atoms with Crippen LogP contribution in [0.3, 0.4) is 0 Å². The fourth-order valence-electron chi connectivity index (χ4n) is 2.14. The van der Waals surface area contributed by atoms with Gasteiger partial charge in [-0.1, -0.05) is 49.4 Å². The molecule has 0 heterocycles. The zero-order valence-electron chi connectivity index (χ0n) is 12.1. The molecule has 0 fully saturated rings. The standard InChI is InChI=1S/C16H20N2O2S/c1-2-18(13-14-7-4-3-5-8-14)21(19,20)16-10-6-9-15(11-16)12-17/h3-11H,2,12-13,17H2,1H3. The maximum atomic E-state index is 12.7. The van der Waals surface area contributed by atoms with Crippen LogP contribution in [0.1, 0.15) is 18.1 Å². The van der Waals surface area contributed by atoms with Crippen LogP contribution in [-0.2, 0) is 23.1 Å². The van der Waals surface area contributed by atoms with Crippen LogP contribution < -0.4 is 5.73 Å². The lowest BCUT2D eigenvalue weighted by molar-refractivity contribution is 0.423. The van der Waals surface area contributed by atoms with E-state index in [0.717, 1.165) is 11.1 Å². The van der Waals surface area contributed by atoms with Crippen LogP contribution in [0, 0.1) is 0 Å². The van der Waals surface area contributed by atoms with Gasteiger partial charge in [0, 0.05) is 19.6 Å². The van der Waals surface area contributed by atoms with E-state index >= 15 is 0 Å². The number of hydrogen-bond acceptors (Lipinski definition) is 3. The van der Waals surface area contributed by atoms with E-state index in [4.69, 9.17) is 5.73 Å². The third-order valence-corrected chi connectivity index (χ3v) is 5.24. The quantitative estimate of drug-likeness (QED) is 0.891. The molecule has 0 bridgehead atoms. The van der Waals surface area contributed by atoms with Crippen LogP contribution in [0.15, 0.2) is 59.5 Å². The SMILES string of the molecule is CCN(Cc1ccccc1)S(=O)(=O)c1cccc(CN)c1. The fourth-order valence-corrected chi connectivity index (χ4v) is 3.64. The Bertz CT molecular complexity index is 684. The van der Waals surface area contributed by atoms with Gasteiger partial charge in [-0.2, -0.15) is 4.31 Å². The Kier molecular flexibility index (Phi) is 5.12. The van der Waals surface area contributed by atoms with Crippen molar-refractivity contribution in [1.29, 1.82) is 0 Å². The average molecular weight is 304 g/mol. The van der Waals surface area contributed by atoms with Crippen LogP contribution in [-0.4, -0.2) is 19.3 Å². The van der Waals surface area contributed by atoms with Crippen LogP contribution in [0.25, 0.3) is 0 Å². The van der Waals surface area contributed by atoms with Gasteiger partial charge in [-0.25, -0.2) is 8.42 Å². The molecule has 0 spiro atoms. The minimum Gasteiger partial charge on any atom is -0.326 e. The molecule has 5 heteroatoms. The first kappa shape index (κ1) is 15.7. The van der Waals surface area contributed by atoms with E-state index in [-0.39, 0.29) is 0 Å². The Morgan fingerprint density at radius 2 is 1.67 bits per heavy atom. The molecule has 0 aliphatic rings. The smallest absolute Gasteiger partial charge is 0.243 e. The molecule has 0 amide bonds. The van der Waals surface area contributed by atoms with Crippen molar-refractivity contribution in [2.24, 2.45) is 5.73 Å². The van der Waals surface area contributed by atoms with E-state index in [0.29, 0.717) is 24.5 Å². The summed E-state index contributed by atoms with van der Waals surface area (Å²) >= 11 is 0. The number of nitrogens with two attached hydrogens (primary N) is 1. The van der Waals surface area contributed by atoms with E-state index < -0.39 is 10.0 Å². The van der Waals surface area contributed by atoms with Crippen molar-refractivity contribution in [3.8, 4) is 0 Å². The highest BCUT2D eigenvalue weighted by Gasteiger charge is 2.23. The summed E-state index contributed by atoms with van der Waals surface area (Å²) in [5, 5.41) is 0. The molecule has 0 saturated carbocycles. The van der Waals surface area contributed by atoms with Gasteiger partial charge in [0.05, 0.1) is 4.90 Å². The third-order valence-electron chi connectivity index (χ3n) is 3.33. The zero-order valence-corrected chi connectivity index (χ0v) is 12.9. The van der Waals surface area contributed by atoms with E-state index in [1.54, 1.807) is 18.2 Å². The molecule has 2 aromatic carbocycles. The molecule has 0 radical (unpaired) electrons. The topological polar surface area (TPSA) is 63.4 Å². The van der Waals surface area contributed by atoms with E-state index in [1.165, 1.54) is 4.31 Å². The van der Waals surface area contributed by atoms with Gasteiger partial charge in [0.15, 0.2) is 0 Å². The van der Waals surface area contributed by atoms with Gasteiger partial charge in [-0.05, 0) is 23.3 Å². The summed E-state index contributed by atoms with van der Waals surface area (Å²) in [5.41, 5.74) is 7.37. The molecular formula is C16H20N2O2S. The van der Waals surface area contributed by atoms with Crippen molar-refractivity contribution in [2.75, 3.05) is 6.54 Å². The molecular weight excluding hydrogens is 284 g/mol. The second-order valence-electron chi connectivity index (χ2n) is 4.77. The predicted molar refractivity (Wildman–Crippen MR) is 84.0 cm³/mol. The van der Waals surface area contributed by atoms with E-state index in [2.05, 4.69) is 0 Å². The number of sulfonamides is 1. The summed E-state index contributed by atoms with van der Waals surface area (Å²) < 4.78 is 26.9. The van der Waals surface area contributed by atoms with E-state index in [1.807, 2.05) is 43.3 Å². The Labute approximate surface area is 126 Å².